The highest BCUT2D eigenvalue weighted by Gasteiger charge is 2.39. The summed E-state index contributed by atoms with van der Waals surface area (Å²) in [6.07, 6.45) is 7.20. The number of nitrogens with zero attached hydrogens (tertiary/aromatic N) is 2. The SMILES string of the molecule is CCC(C)(CC)C(NC(=O)C(C1CCCCC1)n1c(-c2ccc(Cl)cc2)nc2cc(F)c(Cl)cc21)C(C)C. The second-order valence-corrected chi connectivity index (χ2v) is 12.3. The number of aromatic nitrogens is 2. The average Bonchev–Trinajstić information content (AvgIpc) is 3.25. The number of rotatable bonds is 9. The molecule has 4 rings (SSSR count). The van der Waals surface area contributed by atoms with Crippen molar-refractivity contribution in [3.05, 3.63) is 52.3 Å². The molecule has 7 heteroatoms. The third-order valence-electron chi connectivity index (χ3n) is 8.81. The van der Waals surface area contributed by atoms with Gasteiger partial charge in [-0.2, -0.15) is 0 Å². The minimum atomic E-state index is -0.522. The molecular formula is C31H40Cl2FN3O. The van der Waals surface area contributed by atoms with E-state index in [2.05, 4.69) is 39.9 Å². The van der Waals surface area contributed by atoms with Crippen molar-refractivity contribution in [1.29, 1.82) is 0 Å². The molecule has 4 nitrogen and oxygen atoms in total. The van der Waals surface area contributed by atoms with Gasteiger partial charge in [0.25, 0.3) is 0 Å². The van der Waals surface area contributed by atoms with Gasteiger partial charge in [0.05, 0.1) is 16.1 Å². The first-order chi connectivity index (χ1) is 18.1. The molecule has 1 N–H and O–H groups in total. The van der Waals surface area contributed by atoms with Gasteiger partial charge in [-0.15, -0.1) is 0 Å². The van der Waals surface area contributed by atoms with Crippen LogP contribution in [0.5, 0.6) is 0 Å². The van der Waals surface area contributed by atoms with E-state index in [0.717, 1.165) is 44.1 Å². The molecule has 206 valence electrons. The van der Waals surface area contributed by atoms with Crippen molar-refractivity contribution < 1.29 is 9.18 Å². The van der Waals surface area contributed by atoms with Crippen LogP contribution < -0.4 is 5.32 Å². The molecule has 0 saturated heterocycles. The summed E-state index contributed by atoms with van der Waals surface area (Å²) in [6, 6.07) is 9.93. The lowest BCUT2D eigenvalue weighted by Crippen LogP contribution is -2.52. The first kappa shape index (κ1) is 28.9. The number of fused-ring (bicyclic) bond motifs is 1. The van der Waals surface area contributed by atoms with Crippen LogP contribution in [0.4, 0.5) is 4.39 Å². The number of imidazole rings is 1. The second-order valence-electron chi connectivity index (χ2n) is 11.5. The molecule has 38 heavy (non-hydrogen) atoms. The predicted octanol–water partition coefficient (Wildman–Crippen LogP) is 9.24. The highest BCUT2D eigenvalue weighted by atomic mass is 35.5. The van der Waals surface area contributed by atoms with Gasteiger partial charge in [-0.3, -0.25) is 4.79 Å². The maximum Gasteiger partial charge on any atom is 0.243 e. The predicted molar refractivity (Wildman–Crippen MR) is 156 cm³/mol. The Morgan fingerprint density at radius 2 is 1.74 bits per heavy atom. The number of hydrogen-bond acceptors (Lipinski definition) is 2. The van der Waals surface area contributed by atoms with Gasteiger partial charge in [-0.05, 0) is 73.3 Å². The van der Waals surface area contributed by atoms with Gasteiger partial charge in [0, 0.05) is 22.7 Å². The molecule has 1 amide bonds. The highest BCUT2D eigenvalue weighted by molar-refractivity contribution is 6.31. The summed E-state index contributed by atoms with van der Waals surface area (Å²) in [5.74, 6) is 0.511. The summed E-state index contributed by atoms with van der Waals surface area (Å²) in [4.78, 5) is 19.3. The Labute approximate surface area is 236 Å². The van der Waals surface area contributed by atoms with Crippen molar-refractivity contribution in [3.8, 4) is 11.4 Å². The van der Waals surface area contributed by atoms with Crippen LogP contribution in [0, 0.1) is 23.1 Å². The van der Waals surface area contributed by atoms with Crippen LogP contribution in [-0.2, 0) is 4.79 Å². The van der Waals surface area contributed by atoms with Gasteiger partial charge in [0.2, 0.25) is 5.91 Å². The van der Waals surface area contributed by atoms with E-state index in [9.17, 15) is 9.18 Å². The monoisotopic (exact) mass is 559 g/mol. The van der Waals surface area contributed by atoms with E-state index < -0.39 is 11.9 Å². The Hall–Kier alpha value is -2.11. The molecule has 1 aliphatic carbocycles. The van der Waals surface area contributed by atoms with Gasteiger partial charge < -0.3 is 9.88 Å². The molecule has 1 heterocycles. The number of carbonyl (C=O) groups is 1. The van der Waals surface area contributed by atoms with Crippen LogP contribution in [0.3, 0.4) is 0 Å². The smallest absolute Gasteiger partial charge is 0.243 e. The number of hydrogen-bond donors (Lipinski definition) is 1. The van der Waals surface area contributed by atoms with Crippen LogP contribution in [0.2, 0.25) is 10.0 Å². The largest absolute Gasteiger partial charge is 0.351 e. The Morgan fingerprint density at radius 1 is 1.11 bits per heavy atom. The normalized spacial score (nSPS) is 16.7. The lowest BCUT2D eigenvalue weighted by Gasteiger charge is -2.41. The fraction of sp³-hybridized carbons (Fsp3) is 0.548. The van der Waals surface area contributed by atoms with Gasteiger partial charge >= 0.3 is 0 Å². The molecule has 2 atom stereocenters. The topological polar surface area (TPSA) is 46.9 Å². The van der Waals surface area contributed by atoms with Crippen LogP contribution >= 0.6 is 23.2 Å². The maximum absolute atomic E-state index is 14.6. The molecule has 1 fully saturated rings. The summed E-state index contributed by atoms with van der Waals surface area (Å²) in [6.45, 7) is 11.0. The van der Waals surface area contributed by atoms with Crippen molar-refractivity contribution in [2.45, 2.75) is 91.6 Å². The molecule has 0 aliphatic heterocycles. The summed E-state index contributed by atoms with van der Waals surface area (Å²) in [7, 11) is 0. The van der Waals surface area contributed by atoms with Crippen molar-refractivity contribution in [2.24, 2.45) is 17.3 Å². The molecule has 2 aromatic carbocycles. The third kappa shape index (κ3) is 5.74. The zero-order valence-corrected chi connectivity index (χ0v) is 24.7. The fourth-order valence-corrected chi connectivity index (χ4v) is 6.52. The van der Waals surface area contributed by atoms with Gasteiger partial charge in [-0.1, -0.05) is 77.1 Å². The van der Waals surface area contributed by atoms with Gasteiger partial charge in [0.1, 0.15) is 17.7 Å². The van der Waals surface area contributed by atoms with Crippen LogP contribution in [0.25, 0.3) is 22.4 Å². The minimum absolute atomic E-state index is 0.00122. The number of carbonyl (C=O) groups excluding carboxylic acids is 1. The Kier molecular flexibility index (Phi) is 9.09. The quantitative estimate of drug-likeness (QED) is 0.284. The van der Waals surface area contributed by atoms with E-state index in [4.69, 9.17) is 28.2 Å². The average molecular weight is 561 g/mol. The molecule has 0 spiro atoms. The van der Waals surface area contributed by atoms with E-state index in [-0.39, 0.29) is 34.2 Å². The first-order valence-corrected chi connectivity index (χ1v) is 14.8. The number of amides is 1. The molecular weight excluding hydrogens is 520 g/mol. The van der Waals surface area contributed by atoms with E-state index in [0.29, 0.717) is 21.9 Å². The van der Waals surface area contributed by atoms with E-state index in [1.54, 1.807) is 6.07 Å². The maximum atomic E-state index is 14.6. The van der Waals surface area contributed by atoms with Crippen LogP contribution in [-0.4, -0.2) is 21.5 Å². The Bertz CT molecular complexity index is 1260. The molecule has 0 radical (unpaired) electrons. The fourth-order valence-electron chi connectivity index (χ4n) is 6.24. The molecule has 1 aliphatic rings. The Morgan fingerprint density at radius 3 is 2.32 bits per heavy atom. The molecule has 1 saturated carbocycles. The third-order valence-corrected chi connectivity index (χ3v) is 9.35. The van der Waals surface area contributed by atoms with E-state index in [1.807, 2.05) is 28.8 Å². The minimum Gasteiger partial charge on any atom is -0.351 e. The molecule has 0 bridgehead atoms. The van der Waals surface area contributed by atoms with Crippen LogP contribution in [0.15, 0.2) is 36.4 Å². The zero-order chi connectivity index (χ0) is 27.6. The van der Waals surface area contributed by atoms with Gasteiger partial charge in [0.15, 0.2) is 0 Å². The number of halogens is 3. The summed E-state index contributed by atoms with van der Waals surface area (Å²) < 4.78 is 16.6. The highest BCUT2D eigenvalue weighted by Crippen LogP contribution is 2.41. The number of nitrogens with one attached hydrogen (secondary N) is 1. The van der Waals surface area contributed by atoms with Crippen molar-refractivity contribution in [1.82, 2.24) is 14.9 Å². The van der Waals surface area contributed by atoms with Crippen molar-refractivity contribution in [2.75, 3.05) is 0 Å². The Balaban J connectivity index is 1.91. The standard InChI is InChI=1S/C31H40Cl2FN3O/c1-6-31(5,7-2)28(19(3)4)36-30(38)27(20-11-9-8-10-12-20)37-26-17-23(33)24(34)18-25(26)35-29(37)21-13-15-22(32)16-14-21/h13-20,27-28H,6-12H2,1-5H3,(H,36,38). The zero-order valence-electron chi connectivity index (χ0n) is 23.2. The summed E-state index contributed by atoms with van der Waals surface area (Å²) in [5, 5.41) is 4.15. The lowest BCUT2D eigenvalue weighted by atomic mass is 9.72. The van der Waals surface area contributed by atoms with E-state index >= 15 is 0 Å². The second kappa shape index (κ2) is 12.0. The summed E-state index contributed by atoms with van der Waals surface area (Å²) in [5.41, 5.74) is 1.95. The number of benzene rings is 2. The van der Waals surface area contributed by atoms with E-state index in [1.165, 1.54) is 12.5 Å². The van der Waals surface area contributed by atoms with Crippen LogP contribution in [0.1, 0.15) is 85.6 Å². The molecule has 1 aromatic heterocycles. The molecule has 3 aromatic rings. The van der Waals surface area contributed by atoms with Crippen molar-refractivity contribution >= 4 is 40.1 Å². The summed E-state index contributed by atoms with van der Waals surface area (Å²) >= 11 is 12.5. The van der Waals surface area contributed by atoms with Crippen molar-refractivity contribution in [3.63, 3.8) is 0 Å². The molecule has 2 unspecified atom stereocenters. The first-order valence-electron chi connectivity index (χ1n) is 14.0. The van der Waals surface area contributed by atoms with Gasteiger partial charge in [-0.25, -0.2) is 9.37 Å². The lowest BCUT2D eigenvalue weighted by molar-refractivity contribution is -0.128.